The van der Waals surface area contributed by atoms with Crippen LogP contribution in [-0.2, 0) is 20.7 Å². The van der Waals surface area contributed by atoms with Gasteiger partial charge in [-0.3, -0.25) is 39.3 Å². The van der Waals surface area contributed by atoms with Gasteiger partial charge in [-0.25, -0.2) is 13.6 Å². The number of phenols is 1. The second-order valence-electron chi connectivity index (χ2n) is 20.2. The predicted octanol–water partition coefficient (Wildman–Crippen LogP) is 5.79. The van der Waals surface area contributed by atoms with Gasteiger partial charge in [0.2, 0.25) is 11.8 Å². The molecule has 0 spiro atoms. The third-order valence-electron chi connectivity index (χ3n) is 15.5. The van der Waals surface area contributed by atoms with Crippen LogP contribution in [-0.4, -0.2) is 141 Å². The maximum atomic E-state index is 17.2. The van der Waals surface area contributed by atoms with Gasteiger partial charge < -0.3 is 29.7 Å². The Labute approximate surface area is 418 Å². The molecule has 376 valence electrons. The lowest BCUT2D eigenvalue weighted by molar-refractivity contribution is -0.136. The Morgan fingerprint density at radius 1 is 1.03 bits per heavy atom. The van der Waals surface area contributed by atoms with Gasteiger partial charge in [0.15, 0.2) is 5.82 Å². The van der Waals surface area contributed by atoms with Gasteiger partial charge in [0.05, 0.1) is 27.6 Å². The lowest BCUT2D eigenvalue weighted by atomic mass is 9.94. The molecule has 17 nitrogen and oxygen atoms in total. The Morgan fingerprint density at radius 3 is 2.62 bits per heavy atom. The molecule has 8 heterocycles. The van der Waals surface area contributed by atoms with Crippen molar-refractivity contribution in [3.63, 3.8) is 0 Å². The predicted molar refractivity (Wildman–Crippen MR) is 264 cm³/mol. The maximum absolute atomic E-state index is 17.2. The summed E-state index contributed by atoms with van der Waals surface area (Å²) in [7, 11) is 1.66. The monoisotopic (exact) mass is 993 g/mol. The average molecular weight is 994 g/mol. The summed E-state index contributed by atoms with van der Waals surface area (Å²) in [5.41, 5.74) is 1.45. The number of nitrogens with one attached hydrogen (secondary N) is 2. The number of pyridine rings is 1. The van der Waals surface area contributed by atoms with Crippen LogP contribution in [0.4, 0.5) is 19.4 Å². The SMILES string of the molecule is C#Cc1c(F)ccc2cc(O)cc(-c3ncc4c(N5CC6CCC(C5)N6)nc(OC[C@@]56CC[C@@H](COC(=O)N(C)CCCCc7cccc8c7C(=O)N(C7CCC(=O)NC7=O)C8=O)N5CC(=C)C6)nc4c3F)c12. The van der Waals surface area contributed by atoms with Crippen molar-refractivity contribution in [2.45, 2.75) is 93.9 Å². The van der Waals surface area contributed by atoms with Crippen molar-refractivity contribution in [1.29, 1.82) is 0 Å². The fourth-order valence-corrected chi connectivity index (χ4v) is 12.0. The minimum atomic E-state index is -1.05. The molecule has 19 heteroatoms. The highest BCUT2D eigenvalue weighted by molar-refractivity contribution is 6.24. The number of ether oxygens (including phenoxy) is 2. The molecule has 3 unspecified atom stereocenters. The topological polar surface area (TPSA) is 200 Å². The molecular weight excluding hydrogens is 941 g/mol. The summed E-state index contributed by atoms with van der Waals surface area (Å²) >= 11 is 0. The van der Waals surface area contributed by atoms with E-state index in [1.165, 1.54) is 35.4 Å². The first-order valence-electron chi connectivity index (χ1n) is 24.8. The number of amides is 5. The molecule has 6 aliphatic rings. The number of phenolic OH excluding ortho intramolecular Hbond substituents is 1. The number of halogens is 2. The van der Waals surface area contributed by atoms with E-state index in [2.05, 4.69) is 42.9 Å². The molecule has 3 aromatic carbocycles. The van der Waals surface area contributed by atoms with E-state index in [0.29, 0.717) is 86.9 Å². The Hall–Kier alpha value is -7.56. The molecule has 5 aromatic rings. The minimum absolute atomic E-state index is 0.0326. The van der Waals surface area contributed by atoms with Gasteiger partial charge in [-0.15, -0.1) is 6.42 Å². The van der Waals surface area contributed by atoms with Crippen molar-refractivity contribution in [1.82, 2.24) is 40.3 Å². The van der Waals surface area contributed by atoms with Crippen molar-refractivity contribution in [2.24, 2.45) is 0 Å². The zero-order valence-corrected chi connectivity index (χ0v) is 40.2. The number of carbonyl (C=O) groups excluding carboxylic acids is 5. The quantitative estimate of drug-likeness (QED) is 0.0555. The Morgan fingerprint density at radius 2 is 1.84 bits per heavy atom. The zero-order valence-electron chi connectivity index (χ0n) is 40.2. The number of aromatic nitrogens is 3. The number of carbonyl (C=O) groups is 5. The molecule has 5 atom stereocenters. The molecule has 6 aliphatic heterocycles. The Balaban J connectivity index is 0.761. The van der Waals surface area contributed by atoms with E-state index in [1.807, 2.05) is 0 Å². The molecular formula is C54H53F2N9O8. The van der Waals surface area contributed by atoms with Crippen LogP contribution in [0.25, 0.3) is 32.9 Å². The van der Waals surface area contributed by atoms with Crippen molar-refractivity contribution >= 4 is 57.2 Å². The molecule has 5 saturated heterocycles. The van der Waals surface area contributed by atoms with E-state index >= 15 is 8.78 Å². The molecule has 2 aromatic heterocycles. The molecule has 2 bridgehead atoms. The number of unbranched alkanes of at least 4 members (excludes halogenated alkanes) is 1. The summed E-state index contributed by atoms with van der Waals surface area (Å²) in [6, 6.07) is 9.73. The number of rotatable bonds is 13. The van der Waals surface area contributed by atoms with Gasteiger partial charge in [0.1, 0.15) is 47.9 Å². The van der Waals surface area contributed by atoms with E-state index in [0.717, 1.165) is 23.3 Å². The van der Waals surface area contributed by atoms with Crippen molar-refractivity contribution in [2.75, 3.05) is 51.3 Å². The van der Waals surface area contributed by atoms with Crippen LogP contribution in [0.3, 0.4) is 0 Å². The van der Waals surface area contributed by atoms with Crippen molar-refractivity contribution < 1.29 is 47.3 Å². The second-order valence-corrected chi connectivity index (χ2v) is 20.2. The molecule has 0 saturated carbocycles. The van der Waals surface area contributed by atoms with Gasteiger partial charge in [-0.1, -0.05) is 36.3 Å². The molecule has 5 fully saturated rings. The summed E-state index contributed by atoms with van der Waals surface area (Å²) in [6.07, 6.45) is 12.6. The number of imide groups is 2. The first-order chi connectivity index (χ1) is 35.2. The number of hydrogen-bond acceptors (Lipinski definition) is 14. The number of nitrogens with zero attached hydrogens (tertiary/aromatic N) is 7. The van der Waals surface area contributed by atoms with Crippen LogP contribution in [0.5, 0.6) is 11.8 Å². The summed E-state index contributed by atoms with van der Waals surface area (Å²) in [5.74, 6) is -0.988. The normalized spacial score (nSPS) is 23.6. The fraction of sp³-hybridized carbons (Fsp3) is 0.407. The molecule has 73 heavy (non-hydrogen) atoms. The molecule has 0 aliphatic carbocycles. The number of benzene rings is 3. The number of aryl methyl sites for hydroxylation is 1. The molecule has 5 amide bonds. The molecule has 11 rings (SSSR count). The van der Waals surface area contributed by atoms with Crippen LogP contribution in [0.2, 0.25) is 0 Å². The first kappa shape index (κ1) is 47.7. The highest BCUT2D eigenvalue weighted by Crippen LogP contribution is 2.45. The first-order valence-corrected chi connectivity index (χ1v) is 24.8. The molecule has 0 radical (unpaired) electrons. The highest BCUT2D eigenvalue weighted by atomic mass is 19.1. The number of aromatic hydroxyl groups is 1. The van der Waals surface area contributed by atoms with E-state index in [9.17, 15) is 29.1 Å². The van der Waals surface area contributed by atoms with E-state index in [-0.39, 0.29) is 94.8 Å². The maximum Gasteiger partial charge on any atom is 0.409 e. The second kappa shape index (κ2) is 18.8. The van der Waals surface area contributed by atoms with Crippen LogP contribution in [0.15, 0.2) is 60.8 Å². The lowest BCUT2D eigenvalue weighted by Gasteiger charge is -2.35. The number of terminal acetylenes is 1. The summed E-state index contributed by atoms with van der Waals surface area (Å²) in [4.78, 5) is 85.5. The minimum Gasteiger partial charge on any atom is -0.508 e. The van der Waals surface area contributed by atoms with Crippen LogP contribution >= 0.6 is 0 Å². The number of piperidine rings is 1. The van der Waals surface area contributed by atoms with Crippen LogP contribution in [0, 0.1) is 24.0 Å². The van der Waals surface area contributed by atoms with Crippen molar-refractivity contribution in [3.05, 3.63) is 94.7 Å². The summed E-state index contributed by atoms with van der Waals surface area (Å²) < 4.78 is 44.8. The third-order valence-corrected chi connectivity index (χ3v) is 15.5. The van der Waals surface area contributed by atoms with E-state index in [4.69, 9.17) is 20.9 Å². The van der Waals surface area contributed by atoms with Crippen molar-refractivity contribution in [3.8, 4) is 35.4 Å². The lowest BCUT2D eigenvalue weighted by Crippen LogP contribution is -2.54. The fourth-order valence-electron chi connectivity index (χ4n) is 12.0. The van der Waals surface area contributed by atoms with Crippen LogP contribution < -0.4 is 20.3 Å². The standard InChI is InChI=1S/C54H53F2N9O8/c1-4-36-40(55)14-11-31-20-35(66)21-38(43(31)36)46-45(56)47-39(23-57-46)48(63-25-32-12-13-33(26-63)58-32)61-52(60-47)73-28-54-18-17-34(64(54)24-29(2)22-54)27-72-53(71)62(3)19-6-5-8-30-9-7-10-37-44(30)51(70)65(50(37)69)41-15-16-42(67)59-49(41)68/h1,7,9-11,14,20-21,23,32-34,41,58,66H,2,5-6,8,12-13,15-19,22,24-28H2,3H3,(H,59,67,68)/t32?,33?,34-,41?,54-/m0/s1. The van der Waals surface area contributed by atoms with Gasteiger partial charge >= 0.3 is 12.1 Å². The van der Waals surface area contributed by atoms with Crippen LogP contribution in [0.1, 0.15) is 89.6 Å². The summed E-state index contributed by atoms with van der Waals surface area (Å²) in [6.45, 7) is 6.81. The average Bonchev–Trinajstić information content (AvgIpc) is 4.08. The number of fused-ring (bicyclic) bond motifs is 6. The van der Waals surface area contributed by atoms with Gasteiger partial charge in [-0.05, 0) is 93.0 Å². The third kappa shape index (κ3) is 8.55. The number of hydrogen-bond donors (Lipinski definition) is 3. The Bertz CT molecular complexity index is 3220. The zero-order chi connectivity index (χ0) is 50.9. The Kier molecular flexibility index (Phi) is 12.3. The summed E-state index contributed by atoms with van der Waals surface area (Å²) in [5, 5.41) is 17.6. The number of anilines is 1. The van der Waals surface area contributed by atoms with E-state index < -0.39 is 52.9 Å². The van der Waals surface area contributed by atoms with Gasteiger partial charge in [0, 0.05) is 74.9 Å². The van der Waals surface area contributed by atoms with Gasteiger partial charge in [0.25, 0.3) is 11.8 Å². The molecule has 3 N–H and O–H groups in total. The smallest absolute Gasteiger partial charge is 0.409 e. The van der Waals surface area contributed by atoms with Gasteiger partial charge in [-0.2, -0.15) is 9.97 Å². The largest absolute Gasteiger partial charge is 0.508 e. The number of piperazine rings is 1. The highest BCUT2D eigenvalue weighted by Gasteiger charge is 2.52. The van der Waals surface area contributed by atoms with E-state index in [1.54, 1.807) is 25.2 Å².